The van der Waals surface area contributed by atoms with Crippen molar-refractivity contribution in [3.05, 3.63) is 44.8 Å². The summed E-state index contributed by atoms with van der Waals surface area (Å²) in [5, 5.41) is 19.6. The van der Waals surface area contributed by atoms with Crippen LogP contribution in [0, 0.1) is 0 Å². The minimum absolute atomic E-state index is 0.405. The highest BCUT2D eigenvalue weighted by atomic mass is 127. The number of thiophene rings is 2. The zero-order valence-electron chi connectivity index (χ0n) is 13.2. The first kappa shape index (κ1) is 18.4. The van der Waals surface area contributed by atoms with Gasteiger partial charge in [-0.05, 0) is 89.0 Å². The highest BCUT2D eigenvalue weighted by molar-refractivity contribution is 14.1. The number of alkyl halides is 1. The van der Waals surface area contributed by atoms with E-state index < -0.39 is 5.60 Å². The van der Waals surface area contributed by atoms with Crippen molar-refractivity contribution in [3.8, 4) is 0 Å². The van der Waals surface area contributed by atoms with Crippen LogP contribution in [0.25, 0.3) is 0 Å². The molecule has 3 heterocycles. The van der Waals surface area contributed by atoms with Crippen molar-refractivity contribution in [3.63, 3.8) is 0 Å². The molecule has 0 aliphatic carbocycles. The zero-order chi connectivity index (χ0) is 16.0. The van der Waals surface area contributed by atoms with Gasteiger partial charge in [0.1, 0.15) is 5.60 Å². The van der Waals surface area contributed by atoms with Gasteiger partial charge in [-0.15, -0.1) is 0 Å². The summed E-state index contributed by atoms with van der Waals surface area (Å²) in [6, 6.07) is 4.51. The van der Waals surface area contributed by atoms with Crippen molar-refractivity contribution in [1.82, 2.24) is 4.90 Å². The van der Waals surface area contributed by atoms with E-state index in [0.717, 1.165) is 17.5 Å². The molecular formula is C17H24INOS2. The average Bonchev–Trinajstić information content (AvgIpc) is 3.32. The van der Waals surface area contributed by atoms with Crippen LogP contribution < -0.4 is 0 Å². The van der Waals surface area contributed by atoms with Gasteiger partial charge in [0.05, 0.1) is 0 Å². The molecule has 0 aromatic carbocycles. The number of likely N-dealkylation sites (tertiary alicyclic amines) is 1. The molecule has 0 amide bonds. The second kappa shape index (κ2) is 8.78. The van der Waals surface area contributed by atoms with Crippen LogP contribution in [0.3, 0.4) is 0 Å². The minimum atomic E-state index is -0.845. The fourth-order valence-corrected chi connectivity index (χ4v) is 4.59. The van der Waals surface area contributed by atoms with Gasteiger partial charge in [-0.3, -0.25) is 0 Å². The van der Waals surface area contributed by atoms with Gasteiger partial charge in [0.15, 0.2) is 0 Å². The standard InChI is InChI=1S/C16H21NOS2.CH3I/c1-13(17-6-2-3-7-17)10-16(18,14-4-8-19-11-14)15-5-9-20-12-15;1-2/h4-5,8-9,11-13,18H,2-3,6-7,10H2,1H3;1H3. The fourth-order valence-electron chi connectivity index (χ4n) is 3.14. The third-order valence-corrected chi connectivity index (χ3v) is 5.72. The summed E-state index contributed by atoms with van der Waals surface area (Å²) in [5.74, 6) is 0. The zero-order valence-corrected chi connectivity index (χ0v) is 17.0. The van der Waals surface area contributed by atoms with E-state index in [9.17, 15) is 5.11 Å². The maximum atomic E-state index is 11.3. The van der Waals surface area contributed by atoms with Crippen LogP contribution in [0.2, 0.25) is 0 Å². The van der Waals surface area contributed by atoms with E-state index in [1.807, 2.05) is 15.7 Å². The molecule has 1 fully saturated rings. The van der Waals surface area contributed by atoms with Crippen molar-refractivity contribution >= 4 is 45.3 Å². The highest BCUT2D eigenvalue weighted by Gasteiger charge is 2.36. The van der Waals surface area contributed by atoms with Crippen molar-refractivity contribution < 1.29 is 5.11 Å². The molecule has 2 aromatic heterocycles. The molecule has 2 nitrogen and oxygen atoms in total. The van der Waals surface area contributed by atoms with Gasteiger partial charge < -0.3 is 10.0 Å². The van der Waals surface area contributed by atoms with Gasteiger partial charge in [-0.25, -0.2) is 0 Å². The van der Waals surface area contributed by atoms with E-state index in [0.29, 0.717) is 6.04 Å². The summed E-state index contributed by atoms with van der Waals surface area (Å²) < 4.78 is 0. The lowest BCUT2D eigenvalue weighted by Crippen LogP contribution is -2.38. The molecule has 0 radical (unpaired) electrons. The van der Waals surface area contributed by atoms with Crippen molar-refractivity contribution in [2.45, 2.75) is 37.8 Å². The molecule has 2 aromatic rings. The molecule has 3 rings (SSSR count). The van der Waals surface area contributed by atoms with Crippen LogP contribution in [-0.4, -0.2) is 34.1 Å². The molecule has 1 atom stereocenters. The Balaban J connectivity index is 0.000000847. The molecule has 1 aliphatic rings. The monoisotopic (exact) mass is 449 g/mol. The van der Waals surface area contributed by atoms with Gasteiger partial charge in [-0.1, -0.05) is 22.6 Å². The number of nitrogens with zero attached hydrogens (tertiary/aromatic N) is 1. The lowest BCUT2D eigenvalue weighted by atomic mass is 9.84. The second-order valence-corrected chi connectivity index (χ2v) is 7.24. The van der Waals surface area contributed by atoms with Crippen LogP contribution in [0.15, 0.2) is 33.7 Å². The molecule has 0 saturated carbocycles. The third-order valence-electron chi connectivity index (χ3n) is 4.35. The second-order valence-electron chi connectivity index (χ2n) is 5.68. The topological polar surface area (TPSA) is 23.5 Å². The predicted octanol–water partition coefficient (Wildman–Crippen LogP) is 4.97. The maximum absolute atomic E-state index is 11.3. The third kappa shape index (κ3) is 4.12. The van der Waals surface area contributed by atoms with Crippen LogP contribution in [0.5, 0.6) is 0 Å². The first-order chi connectivity index (χ1) is 10.7. The Hall–Kier alpha value is 0.0500. The van der Waals surface area contributed by atoms with Crippen molar-refractivity contribution in [2.75, 3.05) is 18.0 Å². The summed E-state index contributed by atoms with van der Waals surface area (Å²) in [4.78, 5) is 4.47. The molecule has 22 heavy (non-hydrogen) atoms. The Labute approximate surface area is 155 Å². The Morgan fingerprint density at radius 1 is 1.14 bits per heavy atom. The summed E-state index contributed by atoms with van der Waals surface area (Å²) in [6.45, 7) is 4.59. The van der Waals surface area contributed by atoms with Crippen LogP contribution in [-0.2, 0) is 5.60 Å². The van der Waals surface area contributed by atoms with E-state index in [-0.39, 0.29) is 0 Å². The number of aliphatic hydroxyl groups is 1. The summed E-state index contributed by atoms with van der Waals surface area (Å²) in [6.07, 6.45) is 3.35. The van der Waals surface area contributed by atoms with Gasteiger partial charge in [0.2, 0.25) is 0 Å². The predicted molar refractivity (Wildman–Crippen MR) is 106 cm³/mol. The number of halogens is 1. The molecule has 1 N–H and O–H groups in total. The molecule has 1 aliphatic heterocycles. The van der Waals surface area contributed by atoms with Gasteiger partial charge in [0, 0.05) is 6.04 Å². The minimum Gasteiger partial charge on any atom is -0.380 e. The van der Waals surface area contributed by atoms with E-state index in [2.05, 4.69) is 57.3 Å². The average molecular weight is 449 g/mol. The van der Waals surface area contributed by atoms with E-state index in [4.69, 9.17) is 0 Å². The molecule has 1 saturated heterocycles. The fraction of sp³-hybridized carbons (Fsp3) is 0.529. The lowest BCUT2D eigenvalue weighted by molar-refractivity contribution is 0.0425. The van der Waals surface area contributed by atoms with Gasteiger partial charge in [0.25, 0.3) is 0 Å². The Bertz CT molecular complexity index is 487. The number of hydrogen-bond donors (Lipinski definition) is 1. The van der Waals surface area contributed by atoms with Crippen molar-refractivity contribution in [2.24, 2.45) is 0 Å². The Morgan fingerprint density at radius 3 is 2.05 bits per heavy atom. The number of rotatable bonds is 5. The first-order valence-corrected chi connectivity index (χ1v) is 11.6. The van der Waals surface area contributed by atoms with E-state index >= 15 is 0 Å². The van der Waals surface area contributed by atoms with Crippen molar-refractivity contribution in [1.29, 1.82) is 0 Å². The normalized spacial score (nSPS) is 17.1. The van der Waals surface area contributed by atoms with Crippen LogP contribution >= 0.6 is 45.3 Å². The first-order valence-electron chi connectivity index (χ1n) is 7.60. The molecular weight excluding hydrogens is 425 g/mol. The van der Waals surface area contributed by atoms with E-state index in [1.165, 1.54) is 25.9 Å². The largest absolute Gasteiger partial charge is 0.380 e. The lowest BCUT2D eigenvalue weighted by Gasteiger charge is -2.34. The molecule has 0 spiro atoms. The van der Waals surface area contributed by atoms with Gasteiger partial charge in [-0.2, -0.15) is 22.7 Å². The van der Waals surface area contributed by atoms with E-state index in [1.54, 1.807) is 22.7 Å². The summed E-state index contributed by atoms with van der Waals surface area (Å²) in [7, 11) is 0. The summed E-state index contributed by atoms with van der Waals surface area (Å²) >= 11 is 5.46. The maximum Gasteiger partial charge on any atom is 0.118 e. The quantitative estimate of drug-likeness (QED) is 0.515. The number of hydrogen-bond acceptors (Lipinski definition) is 4. The van der Waals surface area contributed by atoms with Gasteiger partial charge >= 0.3 is 0 Å². The van der Waals surface area contributed by atoms with Crippen LogP contribution in [0.4, 0.5) is 0 Å². The molecule has 122 valence electrons. The summed E-state index contributed by atoms with van der Waals surface area (Å²) in [5.41, 5.74) is 1.22. The van der Waals surface area contributed by atoms with Crippen LogP contribution in [0.1, 0.15) is 37.3 Å². The molecule has 0 bridgehead atoms. The molecule has 5 heteroatoms. The smallest absolute Gasteiger partial charge is 0.118 e. The highest BCUT2D eigenvalue weighted by Crippen LogP contribution is 2.37. The SMILES string of the molecule is CC(CC(O)(c1ccsc1)c1ccsc1)N1CCCC1.CI. The Kier molecular flexibility index (Phi) is 7.34. The Morgan fingerprint density at radius 2 is 1.64 bits per heavy atom. The molecule has 1 unspecified atom stereocenters.